The van der Waals surface area contributed by atoms with Crippen LogP contribution in [0.5, 0.6) is 0 Å². The molecule has 0 fully saturated rings. The fourth-order valence-corrected chi connectivity index (χ4v) is 1.65. The highest BCUT2D eigenvalue weighted by atomic mass is 19.1. The Kier molecular flexibility index (Phi) is 2.64. The molecule has 0 aliphatic rings. The fraction of sp³-hybridized carbons (Fsp3) is 0.250. The molecule has 3 nitrogen and oxygen atoms in total. The van der Waals surface area contributed by atoms with Crippen molar-refractivity contribution in [2.45, 2.75) is 19.9 Å². The van der Waals surface area contributed by atoms with Crippen molar-refractivity contribution >= 4 is 5.82 Å². The van der Waals surface area contributed by atoms with Crippen LogP contribution >= 0.6 is 0 Å². The summed E-state index contributed by atoms with van der Waals surface area (Å²) in [4.78, 5) is 0. The van der Waals surface area contributed by atoms with Gasteiger partial charge in [-0.3, -0.25) is 0 Å². The number of rotatable bonds is 2. The van der Waals surface area contributed by atoms with Gasteiger partial charge in [0.2, 0.25) is 0 Å². The van der Waals surface area contributed by atoms with Crippen LogP contribution in [0.4, 0.5) is 10.2 Å². The van der Waals surface area contributed by atoms with Crippen molar-refractivity contribution in [2.75, 3.05) is 5.73 Å². The van der Waals surface area contributed by atoms with Crippen molar-refractivity contribution in [3.05, 3.63) is 47.4 Å². The molecule has 2 aromatic rings. The van der Waals surface area contributed by atoms with E-state index in [1.165, 1.54) is 12.1 Å². The Hall–Kier alpha value is -1.84. The molecule has 0 aliphatic carbocycles. The lowest BCUT2D eigenvalue weighted by Gasteiger charge is -2.14. The fourth-order valence-electron chi connectivity index (χ4n) is 1.65. The average molecular weight is 219 g/mol. The molecule has 0 saturated heterocycles. The molecule has 4 heteroatoms. The number of hydrogen-bond donors (Lipinski definition) is 1. The third kappa shape index (κ3) is 1.78. The van der Waals surface area contributed by atoms with Crippen LogP contribution in [0.25, 0.3) is 0 Å². The maximum atomic E-state index is 12.8. The molecular weight excluding hydrogens is 205 g/mol. The van der Waals surface area contributed by atoms with Crippen LogP contribution in [-0.4, -0.2) is 9.78 Å². The molecule has 0 aliphatic heterocycles. The van der Waals surface area contributed by atoms with Gasteiger partial charge in [0.25, 0.3) is 0 Å². The third-order valence-corrected chi connectivity index (χ3v) is 2.75. The maximum absolute atomic E-state index is 12.8. The van der Waals surface area contributed by atoms with Gasteiger partial charge >= 0.3 is 0 Å². The summed E-state index contributed by atoms with van der Waals surface area (Å²) < 4.78 is 14.5. The molecule has 2 rings (SSSR count). The lowest BCUT2D eigenvalue weighted by Crippen LogP contribution is -2.11. The normalized spacial score (nSPS) is 12.7. The summed E-state index contributed by atoms with van der Waals surface area (Å²) in [6.07, 6.45) is 1.73. The molecule has 0 saturated carbocycles. The largest absolute Gasteiger partial charge is 0.384 e. The van der Waals surface area contributed by atoms with Crippen molar-refractivity contribution in [2.24, 2.45) is 0 Å². The van der Waals surface area contributed by atoms with E-state index < -0.39 is 0 Å². The molecular formula is C12H14FN3. The van der Waals surface area contributed by atoms with E-state index in [2.05, 4.69) is 5.10 Å². The van der Waals surface area contributed by atoms with Gasteiger partial charge in [-0.05, 0) is 31.5 Å². The first-order valence-corrected chi connectivity index (χ1v) is 5.14. The van der Waals surface area contributed by atoms with Crippen molar-refractivity contribution in [3.63, 3.8) is 0 Å². The number of halogens is 1. The first-order valence-electron chi connectivity index (χ1n) is 5.14. The predicted octanol–water partition coefficient (Wildman–Crippen LogP) is 2.52. The van der Waals surface area contributed by atoms with Gasteiger partial charge in [-0.1, -0.05) is 12.1 Å². The van der Waals surface area contributed by atoms with Crippen LogP contribution in [0.1, 0.15) is 24.1 Å². The van der Waals surface area contributed by atoms with E-state index in [9.17, 15) is 4.39 Å². The van der Waals surface area contributed by atoms with Crippen molar-refractivity contribution in [1.82, 2.24) is 9.78 Å². The van der Waals surface area contributed by atoms with Gasteiger partial charge in [-0.15, -0.1) is 0 Å². The van der Waals surface area contributed by atoms with E-state index in [-0.39, 0.29) is 11.9 Å². The van der Waals surface area contributed by atoms with Crippen molar-refractivity contribution in [1.29, 1.82) is 0 Å². The van der Waals surface area contributed by atoms with Gasteiger partial charge < -0.3 is 5.73 Å². The Bertz CT molecular complexity index is 487. The Balaban J connectivity index is 2.35. The molecule has 84 valence electrons. The summed E-state index contributed by atoms with van der Waals surface area (Å²) >= 11 is 0. The predicted molar refractivity (Wildman–Crippen MR) is 61.6 cm³/mol. The molecule has 0 amide bonds. The molecule has 0 radical (unpaired) electrons. The van der Waals surface area contributed by atoms with Crippen LogP contribution in [0.15, 0.2) is 30.5 Å². The van der Waals surface area contributed by atoms with Crippen LogP contribution in [-0.2, 0) is 0 Å². The zero-order valence-corrected chi connectivity index (χ0v) is 9.31. The highest BCUT2D eigenvalue weighted by Crippen LogP contribution is 2.22. The number of aromatic nitrogens is 2. The van der Waals surface area contributed by atoms with E-state index in [4.69, 9.17) is 5.73 Å². The molecule has 0 bridgehead atoms. The number of anilines is 1. The van der Waals surface area contributed by atoms with E-state index in [0.717, 1.165) is 11.1 Å². The summed E-state index contributed by atoms with van der Waals surface area (Å²) in [5.41, 5.74) is 7.83. The van der Waals surface area contributed by atoms with Gasteiger partial charge in [0.15, 0.2) is 0 Å². The lowest BCUT2D eigenvalue weighted by atomic mass is 10.1. The summed E-state index contributed by atoms with van der Waals surface area (Å²) in [7, 11) is 0. The van der Waals surface area contributed by atoms with Gasteiger partial charge in [0.05, 0.1) is 12.2 Å². The Morgan fingerprint density at radius 2 is 1.94 bits per heavy atom. The number of aryl methyl sites for hydroxylation is 1. The smallest absolute Gasteiger partial charge is 0.125 e. The van der Waals surface area contributed by atoms with E-state index in [1.54, 1.807) is 23.0 Å². The second-order valence-corrected chi connectivity index (χ2v) is 3.88. The van der Waals surface area contributed by atoms with Gasteiger partial charge in [0, 0.05) is 5.56 Å². The van der Waals surface area contributed by atoms with Crippen LogP contribution in [0.2, 0.25) is 0 Å². The highest BCUT2D eigenvalue weighted by molar-refractivity contribution is 5.39. The Morgan fingerprint density at radius 1 is 1.31 bits per heavy atom. The number of nitrogens with two attached hydrogens (primary N) is 1. The molecule has 2 N–H and O–H groups in total. The van der Waals surface area contributed by atoms with E-state index in [1.807, 2.05) is 13.8 Å². The third-order valence-electron chi connectivity index (χ3n) is 2.75. The molecule has 0 spiro atoms. The number of benzene rings is 1. The second kappa shape index (κ2) is 3.96. The molecule has 16 heavy (non-hydrogen) atoms. The summed E-state index contributed by atoms with van der Waals surface area (Å²) in [5.74, 6) is 0.414. The SMILES string of the molecule is Cc1cnn(C(C)c2ccc(F)cc2)c1N. The first kappa shape index (κ1) is 10.7. The Labute approximate surface area is 93.7 Å². The minimum atomic E-state index is -0.236. The number of nitrogens with zero attached hydrogens (tertiary/aromatic N) is 2. The first-order chi connectivity index (χ1) is 7.59. The molecule has 1 aromatic carbocycles. The van der Waals surface area contributed by atoms with Crippen molar-refractivity contribution in [3.8, 4) is 0 Å². The Morgan fingerprint density at radius 3 is 2.44 bits per heavy atom. The minimum absolute atomic E-state index is 0.00861. The minimum Gasteiger partial charge on any atom is -0.384 e. The topological polar surface area (TPSA) is 43.8 Å². The number of nitrogen functional groups attached to an aromatic ring is 1. The molecule has 1 heterocycles. The monoisotopic (exact) mass is 219 g/mol. The van der Waals surface area contributed by atoms with Gasteiger partial charge in [-0.2, -0.15) is 5.10 Å². The summed E-state index contributed by atoms with van der Waals surface area (Å²) in [6, 6.07) is 6.39. The lowest BCUT2D eigenvalue weighted by molar-refractivity contribution is 0.569. The summed E-state index contributed by atoms with van der Waals surface area (Å²) in [6.45, 7) is 3.90. The average Bonchev–Trinajstić information content (AvgIpc) is 2.60. The molecule has 1 aromatic heterocycles. The van der Waals surface area contributed by atoms with Crippen LogP contribution < -0.4 is 5.73 Å². The summed E-state index contributed by atoms with van der Waals surface area (Å²) in [5, 5.41) is 4.21. The van der Waals surface area contributed by atoms with Crippen LogP contribution in [0.3, 0.4) is 0 Å². The maximum Gasteiger partial charge on any atom is 0.125 e. The van der Waals surface area contributed by atoms with Crippen LogP contribution in [0, 0.1) is 12.7 Å². The molecule has 1 atom stereocenters. The quantitative estimate of drug-likeness (QED) is 0.843. The number of hydrogen-bond acceptors (Lipinski definition) is 2. The van der Waals surface area contributed by atoms with Gasteiger partial charge in [0.1, 0.15) is 11.6 Å². The van der Waals surface area contributed by atoms with Crippen molar-refractivity contribution < 1.29 is 4.39 Å². The van der Waals surface area contributed by atoms with Gasteiger partial charge in [-0.25, -0.2) is 9.07 Å². The zero-order chi connectivity index (χ0) is 11.7. The molecule has 1 unspecified atom stereocenters. The second-order valence-electron chi connectivity index (χ2n) is 3.88. The highest BCUT2D eigenvalue weighted by Gasteiger charge is 2.12. The van der Waals surface area contributed by atoms with E-state index in [0.29, 0.717) is 5.82 Å². The zero-order valence-electron chi connectivity index (χ0n) is 9.31. The van der Waals surface area contributed by atoms with E-state index >= 15 is 0 Å². The standard InChI is InChI=1S/C12H14FN3/c1-8-7-15-16(12(8)14)9(2)10-3-5-11(13)6-4-10/h3-7,9H,14H2,1-2H3.